The molecule has 0 aromatic heterocycles. The zero-order chi connectivity index (χ0) is 17.7. The first-order valence-electron chi connectivity index (χ1n) is 6.64. The molecule has 0 aliphatic carbocycles. The molecule has 0 amide bonds. The van der Waals surface area contributed by atoms with Crippen LogP contribution < -0.4 is 14.2 Å². The Balaban J connectivity index is 2.20. The van der Waals surface area contributed by atoms with Gasteiger partial charge in [0.05, 0.1) is 24.4 Å². The lowest BCUT2D eigenvalue weighted by molar-refractivity contribution is -0.274. The fourth-order valence-corrected chi connectivity index (χ4v) is 2.39. The van der Waals surface area contributed by atoms with Crippen LogP contribution in [0.1, 0.15) is 5.56 Å². The molecule has 0 radical (unpaired) electrons. The highest BCUT2D eigenvalue weighted by Gasteiger charge is 2.30. The topological polar surface area (TPSA) is 40.0 Å². The normalized spacial score (nSPS) is 11.6. The van der Waals surface area contributed by atoms with Crippen molar-refractivity contribution in [2.75, 3.05) is 14.2 Å². The molecule has 0 unspecified atom stereocenters. The molecule has 0 saturated carbocycles. The number of alkyl halides is 3. The maximum absolute atomic E-state index is 12.1. The second-order valence-corrected chi connectivity index (χ2v) is 5.38. The molecule has 4 nitrogen and oxygen atoms in total. The molecule has 8 heteroatoms. The molecule has 0 spiro atoms. The number of methoxy groups -OCH3 is 2. The van der Waals surface area contributed by atoms with Crippen LogP contribution in [0.3, 0.4) is 0 Å². The second-order valence-electron chi connectivity index (χ2n) is 4.53. The number of rotatable bonds is 5. The minimum atomic E-state index is -4.71. The molecule has 2 aromatic rings. The van der Waals surface area contributed by atoms with E-state index in [0.29, 0.717) is 22.7 Å². The maximum atomic E-state index is 12.1. The van der Waals surface area contributed by atoms with E-state index in [-0.39, 0.29) is 5.75 Å². The van der Waals surface area contributed by atoms with Crippen molar-refractivity contribution in [1.82, 2.24) is 0 Å². The lowest BCUT2D eigenvalue weighted by atomic mass is 10.2. The summed E-state index contributed by atoms with van der Waals surface area (Å²) in [4.78, 5) is 4.22. The van der Waals surface area contributed by atoms with Crippen LogP contribution in [0.25, 0.3) is 0 Å². The predicted octanol–water partition coefficient (Wildman–Crippen LogP) is 5.12. The summed E-state index contributed by atoms with van der Waals surface area (Å²) in [6.45, 7) is 0. The fraction of sp³-hybridized carbons (Fsp3) is 0.188. The van der Waals surface area contributed by atoms with E-state index >= 15 is 0 Å². The number of ether oxygens (including phenoxy) is 3. The summed E-state index contributed by atoms with van der Waals surface area (Å²) < 4.78 is 51.3. The molecule has 2 rings (SSSR count). The zero-order valence-corrected chi connectivity index (χ0v) is 14.3. The van der Waals surface area contributed by atoms with Crippen molar-refractivity contribution in [3.63, 3.8) is 0 Å². The lowest BCUT2D eigenvalue weighted by Gasteiger charge is -2.09. The van der Waals surface area contributed by atoms with Gasteiger partial charge in [-0.05, 0) is 46.3 Å². The quantitative estimate of drug-likeness (QED) is 0.650. The molecule has 0 heterocycles. The SMILES string of the molecule is COc1cc(OC)c(C=Nc2ccc(OC(F)(F)F)cc2)cc1Br. The summed E-state index contributed by atoms with van der Waals surface area (Å²) in [7, 11) is 3.06. The average molecular weight is 404 g/mol. The first kappa shape index (κ1) is 18.1. The van der Waals surface area contributed by atoms with Crippen LogP contribution in [0.4, 0.5) is 18.9 Å². The Kier molecular flexibility index (Phi) is 5.71. The highest BCUT2D eigenvalue weighted by atomic mass is 79.9. The van der Waals surface area contributed by atoms with E-state index in [2.05, 4.69) is 25.7 Å². The van der Waals surface area contributed by atoms with E-state index in [9.17, 15) is 13.2 Å². The predicted molar refractivity (Wildman–Crippen MR) is 87.6 cm³/mol. The van der Waals surface area contributed by atoms with Crippen LogP contribution in [-0.4, -0.2) is 26.8 Å². The Labute approximate surface area is 145 Å². The van der Waals surface area contributed by atoms with Crippen molar-refractivity contribution in [1.29, 1.82) is 0 Å². The van der Waals surface area contributed by atoms with Crippen LogP contribution in [0, 0.1) is 0 Å². The third-order valence-corrected chi connectivity index (χ3v) is 3.55. The van der Waals surface area contributed by atoms with Gasteiger partial charge in [-0.15, -0.1) is 13.2 Å². The molecule has 0 atom stereocenters. The van der Waals surface area contributed by atoms with Crippen LogP contribution in [0.5, 0.6) is 17.2 Å². The minimum Gasteiger partial charge on any atom is -0.496 e. The Bertz CT molecular complexity index is 731. The van der Waals surface area contributed by atoms with Gasteiger partial charge in [0, 0.05) is 17.8 Å². The van der Waals surface area contributed by atoms with Gasteiger partial charge in [0.15, 0.2) is 0 Å². The van der Waals surface area contributed by atoms with Gasteiger partial charge in [0.25, 0.3) is 0 Å². The molecule has 24 heavy (non-hydrogen) atoms. The average Bonchev–Trinajstić information content (AvgIpc) is 2.53. The molecule has 0 N–H and O–H groups in total. The monoisotopic (exact) mass is 403 g/mol. The number of aliphatic imine (C=N–C) groups is 1. The van der Waals surface area contributed by atoms with Gasteiger partial charge < -0.3 is 14.2 Å². The molecular weight excluding hydrogens is 391 g/mol. The summed E-state index contributed by atoms with van der Waals surface area (Å²) in [6, 6.07) is 8.70. The summed E-state index contributed by atoms with van der Waals surface area (Å²) in [6.07, 6.45) is -3.17. The van der Waals surface area contributed by atoms with Crippen molar-refractivity contribution in [2.45, 2.75) is 6.36 Å². The van der Waals surface area contributed by atoms with Crippen LogP contribution in [-0.2, 0) is 0 Å². The molecule has 0 fully saturated rings. The Morgan fingerprint density at radius 3 is 2.17 bits per heavy atom. The third kappa shape index (κ3) is 4.89. The number of hydrogen-bond acceptors (Lipinski definition) is 4. The number of nitrogens with zero attached hydrogens (tertiary/aromatic N) is 1. The van der Waals surface area contributed by atoms with Gasteiger partial charge in [0.1, 0.15) is 17.2 Å². The summed E-state index contributed by atoms with van der Waals surface area (Å²) in [5.74, 6) is 0.861. The third-order valence-electron chi connectivity index (χ3n) is 2.93. The van der Waals surface area contributed by atoms with Crippen molar-refractivity contribution in [3.8, 4) is 17.2 Å². The first-order chi connectivity index (χ1) is 11.3. The smallest absolute Gasteiger partial charge is 0.496 e. The van der Waals surface area contributed by atoms with E-state index < -0.39 is 6.36 Å². The van der Waals surface area contributed by atoms with Crippen molar-refractivity contribution in [3.05, 3.63) is 46.4 Å². The van der Waals surface area contributed by atoms with E-state index in [1.54, 1.807) is 18.3 Å². The Hall–Kier alpha value is -2.22. The number of benzene rings is 2. The van der Waals surface area contributed by atoms with Gasteiger partial charge in [-0.3, -0.25) is 4.99 Å². The largest absolute Gasteiger partial charge is 0.573 e. The van der Waals surface area contributed by atoms with Crippen LogP contribution >= 0.6 is 15.9 Å². The molecule has 128 valence electrons. The number of halogens is 4. The van der Waals surface area contributed by atoms with Gasteiger partial charge >= 0.3 is 6.36 Å². The van der Waals surface area contributed by atoms with Crippen molar-refractivity contribution in [2.24, 2.45) is 4.99 Å². The van der Waals surface area contributed by atoms with E-state index in [0.717, 1.165) is 4.47 Å². The Morgan fingerprint density at radius 1 is 1.00 bits per heavy atom. The minimum absolute atomic E-state index is 0.300. The van der Waals surface area contributed by atoms with Crippen LogP contribution in [0.15, 0.2) is 45.9 Å². The molecule has 0 aliphatic rings. The summed E-state index contributed by atoms with van der Waals surface area (Å²) in [5.41, 5.74) is 1.15. The van der Waals surface area contributed by atoms with Gasteiger partial charge in [0.2, 0.25) is 0 Å². The lowest BCUT2D eigenvalue weighted by Crippen LogP contribution is -2.16. The molecule has 0 bridgehead atoms. The van der Waals surface area contributed by atoms with Gasteiger partial charge in [-0.2, -0.15) is 0 Å². The zero-order valence-electron chi connectivity index (χ0n) is 12.7. The van der Waals surface area contributed by atoms with Gasteiger partial charge in [-0.25, -0.2) is 0 Å². The summed E-state index contributed by atoms with van der Waals surface area (Å²) >= 11 is 3.37. The van der Waals surface area contributed by atoms with Crippen molar-refractivity contribution >= 4 is 27.8 Å². The van der Waals surface area contributed by atoms with E-state index in [4.69, 9.17) is 9.47 Å². The maximum Gasteiger partial charge on any atom is 0.573 e. The summed E-state index contributed by atoms with van der Waals surface area (Å²) in [5, 5.41) is 0. The van der Waals surface area contributed by atoms with Crippen LogP contribution in [0.2, 0.25) is 0 Å². The molecule has 0 saturated heterocycles. The van der Waals surface area contributed by atoms with Crippen molar-refractivity contribution < 1.29 is 27.4 Å². The second kappa shape index (κ2) is 7.57. The fourth-order valence-electron chi connectivity index (χ4n) is 1.86. The standard InChI is InChI=1S/C16H13BrF3NO3/c1-22-14-8-15(23-2)13(17)7-10(14)9-21-11-3-5-12(6-4-11)24-16(18,19)20/h3-9H,1-2H3. The van der Waals surface area contributed by atoms with Gasteiger partial charge in [-0.1, -0.05) is 0 Å². The number of hydrogen-bond donors (Lipinski definition) is 0. The molecule has 0 aliphatic heterocycles. The van der Waals surface area contributed by atoms with E-state index in [1.165, 1.54) is 38.5 Å². The Morgan fingerprint density at radius 2 is 1.62 bits per heavy atom. The highest BCUT2D eigenvalue weighted by molar-refractivity contribution is 9.10. The first-order valence-corrected chi connectivity index (χ1v) is 7.43. The van der Waals surface area contributed by atoms with E-state index in [1.807, 2.05) is 0 Å². The molecule has 2 aromatic carbocycles. The highest BCUT2D eigenvalue weighted by Crippen LogP contribution is 2.32. The molecular formula is C16H13BrF3NO3.